The zero-order valence-corrected chi connectivity index (χ0v) is 14.3. The minimum absolute atomic E-state index is 0.00946. The van der Waals surface area contributed by atoms with Gasteiger partial charge in [-0.25, -0.2) is 4.99 Å². The van der Waals surface area contributed by atoms with Crippen molar-refractivity contribution in [1.29, 1.82) is 0 Å². The lowest BCUT2D eigenvalue weighted by molar-refractivity contribution is -0.113. The van der Waals surface area contributed by atoms with E-state index in [1.165, 1.54) is 6.92 Å². The highest BCUT2D eigenvalue weighted by atomic mass is 16.5. The maximum Gasteiger partial charge on any atom is 0.282 e. The van der Waals surface area contributed by atoms with Gasteiger partial charge in [0.1, 0.15) is 17.3 Å². The molecule has 0 unspecified atom stereocenters. The third kappa shape index (κ3) is 3.35. The van der Waals surface area contributed by atoms with E-state index in [0.717, 1.165) is 11.3 Å². The summed E-state index contributed by atoms with van der Waals surface area (Å²) >= 11 is 0. The van der Waals surface area contributed by atoms with E-state index in [-0.39, 0.29) is 11.7 Å². The number of amides is 1. The molecular weight excluding hydrogens is 316 g/mol. The normalized spacial score (nSPS) is 15.5. The summed E-state index contributed by atoms with van der Waals surface area (Å²) < 4.78 is 5.13. The number of aliphatic imine (C=N–C) groups is 1. The number of amidine groups is 1. The molecule has 0 atom stereocenters. The molecule has 0 bridgehead atoms. The van der Waals surface area contributed by atoms with Gasteiger partial charge in [0, 0.05) is 5.56 Å². The van der Waals surface area contributed by atoms with Crippen LogP contribution in [0.2, 0.25) is 0 Å². The van der Waals surface area contributed by atoms with Crippen LogP contribution in [0.3, 0.4) is 0 Å². The number of ketones is 1. The molecular formula is C20H18N2O3. The Labute approximate surface area is 146 Å². The number of anilines is 1. The van der Waals surface area contributed by atoms with Crippen LogP contribution in [-0.2, 0) is 4.79 Å². The van der Waals surface area contributed by atoms with Crippen LogP contribution in [0.1, 0.15) is 29.8 Å². The third-order valence-corrected chi connectivity index (χ3v) is 3.98. The predicted molar refractivity (Wildman–Crippen MR) is 98.0 cm³/mol. The van der Waals surface area contributed by atoms with Crippen LogP contribution >= 0.6 is 0 Å². The van der Waals surface area contributed by atoms with E-state index in [4.69, 9.17) is 4.74 Å². The van der Waals surface area contributed by atoms with E-state index in [1.54, 1.807) is 49.3 Å². The monoisotopic (exact) mass is 334 g/mol. The van der Waals surface area contributed by atoms with Crippen molar-refractivity contribution in [3.8, 4) is 5.75 Å². The zero-order valence-electron chi connectivity index (χ0n) is 14.3. The average molecular weight is 334 g/mol. The van der Waals surface area contributed by atoms with Gasteiger partial charge < -0.3 is 4.74 Å². The predicted octanol–water partition coefficient (Wildman–Crippen LogP) is 3.70. The molecule has 2 aromatic carbocycles. The van der Waals surface area contributed by atoms with E-state index in [2.05, 4.69) is 4.99 Å². The smallest absolute Gasteiger partial charge is 0.282 e. The topological polar surface area (TPSA) is 59.0 Å². The molecule has 0 N–H and O–H groups in total. The molecule has 0 aliphatic carbocycles. The van der Waals surface area contributed by atoms with Crippen LogP contribution < -0.4 is 9.64 Å². The maximum atomic E-state index is 12.7. The molecule has 1 aliphatic heterocycles. The van der Waals surface area contributed by atoms with Crippen molar-refractivity contribution in [2.75, 3.05) is 12.0 Å². The summed E-state index contributed by atoms with van der Waals surface area (Å²) in [5, 5.41) is 0. The summed E-state index contributed by atoms with van der Waals surface area (Å²) in [4.78, 5) is 30.0. The number of Topliss-reactive ketones (excluding diaryl/α,β-unsaturated/α-hetero) is 1. The number of carbonyl (C=O) groups excluding carboxylic acids is 2. The Kier molecular flexibility index (Phi) is 4.48. The molecule has 1 amide bonds. The minimum Gasteiger partial charge on any atom is -0.497 e. The molecule has 5 nitrogen and oxygen atoms in total. The maximum absolute atomic E-state index is 12.7. The van der Waals surface area contributed by atoms with Gasteiger partial charge in [-0.1, -0.05) is 12.1 Å². The first-order chi connectivity index (χ1) is 12.0. The Morgan fingerprint density at radius 2 is 1.72 bits per heavy atom. The molecule has 0 aromatic heterocycles. The van der Waals surface area contributed by atoms with Crippen LogP contribution in [-0.4, -0.2) is 24.6 Å². The van der Waals surface area contributed by atoms with Crippen molar-refractivity contribution in [2.45, 2.75) is 13.8 Å². The number of benzene rings is 2. The second-order valence-electron chi connectivity index (χ2n) is 5.71. The number of methoxy groups -OCH3 is 1. The quantitative estimate of drug-likeness (QED) is 0.633. The van der Waals surface area contributed by atoms with Gasteiger partial charge in [0.15, 0.2) is 5.78 Å². The van der Waals surface area contributed by atoms with Gasteiger partial charge in [-0.3, -0.25) is 14.5 Å². The van der Waals surface area contributed by atoms with Gasteiger partial charge in [-0.15, -0.1) is 0 Å². The molecule has 1 aliphatic rings. The van der Waals surface area contributed by atoms with E-state index in [0.29, 0.717) is 22.8 Å². The van der Waals surface area contributed by atoms with Crippen molar-refractivity contribution in [2.24, 2.45) is 4.99 Å². The molecule has 2 aromatic rings. The largest absolute Gasteiger partial charge is 0.497 e. The summed E-state index contributed by atoms with van der Waals surface area (Å²) in [7, 11) is 1.61. The standard InChI is InChI=1S/C20H18N2O3/c1-13(23)16-6-8-17(9-7-16)22-14(2)21-19(20(22)24)12-15-4-10-18(25-3)11-5-15/h4-12H,1-3H3/b19-12+. The van der Waals surface area contributed by atoms with Crippen molar-refractivity contribution in [3.05, 3.63) is 65.4 Å². The van der Waals surface area contributed by atoms with Gasteiger partial charge in [0.05, 0.1) is 12.8 Å². The highest BCUT2D eigenvalue weighted by Gasteiger charge is 2.28. The lowest BCUT2D eigenvalue weighted by atomic mass is 10.1. The summed E-state index contributed by atoms with van der Waals surface area (Å²) in [5.74, 6) is 1.15. The van der Waals surface area contributed by atoms with E-state index in [9.17, 15) is 9.59 Å². The lowest BCUT2D eigenvalue weighted by Crippen LogP contribution is -2.30. The minimum atomic E-state index is -0.191. The second kappa shape index (κ2) is 6.73. The fraction of sp³-hybridized carbons (Fsp3) is 0.150. The lowest BCUT2D eigenvalue weighted by Gasteiger charge is -2.16. The number of rotatable bonds is 4. The zero-order chi connectivity index (χ0) is 18.0. The van der Waals surface area contributed by atoms with Crippen LogP contribution in [0.5, 0.6) is 5.75 Å². The third-order valence-electron chi connectivity index (χ3n) is 3.98. The average Bonchev–Trinajstić information content (AvgIpc) is 2.89. The molecule has 0 spiro atoms. The summed E-state index contributed by atoms with van der Waals surface area (Å²) in [6, 6.07) is 14.3. The van der Waals surface area contributed by atoms with Crippen LogP contribution in [0.4, 0.5) is 5.69 Å². The number of ether oxygens (including phenoxy) is 1. The van der Waals surface area contributed by atoms with Crippen molar-refractivity contribution in [3.63, 3.8) is 0 Å². The van der Waals surface area contributed by atoms with Gasteiger partial charge in [-0.05, 0) is 61.9 Å². The molecule has 0 fully saturated rings. The molecule has 5 heteroatoms. The van der Waals surface area contributed by atoms with Crippen LogP contribution in [0, 0.1) is 0 Å². The van der Waals surface area contributed by atoms with E-state index >= 15 is 0 Å². The van der Waals surface area contributed by atoms with E-state index < -0.39 is 0 Å². The molecule has 0 saturated heterocycles. The Morgan fingerprint density at radius 3 is 2.28 bits per heavy atom. The highest BCUT2D eigenvalue weighted by Crippen LogP contribution is 2.25. The first kappa shape index (κ1) is 16.6. The van der Waals surface area contributed by atoms with Gasteiger partial charge >= 0.3 is 0 Å². The van der Waals surface area contributed by atoms with E-state index in [1.807, 2.05) is 24.3 Å². The molecule has 126 valence electrons. The first-order valence-corrected chi connectivity index (χ1v) is 7.86. The number of hydrogen-bond donors (Lipinski definition) is 0. The van der Waals surface area contributed by atoms with Gasteiger partial charge in [0.25, 0.3) is 5.91 Å². The van der Waals surface area contributed by atoms with Crippen LogP contribution in [0.25, 0.3) is 6.08 Å². The van der Waals surface area contributed by atoms with Gasteiger partial charge in [-0.2, -0.15) is 0 Å². The Bertz CT molecular complexity index is 878. The fourth-order valence-corrected chi connectivity index (χ4v) is 2.63. The molecule has 1 heterocycles. The number of hydrogen-bond acceptors (Lipinski definition) is 4. The molecule has 0 radical (unpaired) electrons. The second-order valence-corrected chi connectivity index (χ2v) is 5.71. The highest BCUT2D eigenvalue weighted by molar-refractivity contribution is 6.28. The van der Waals surface area contributed by atoms with Crippen molar-refractivity contribution < 1.29 is 14.3 Å². The first-order valence-electron chi connectivity index (χ1n) is 7.86. The Morgan fingerprint density at radius 1 is 1.08 bits per heavy atom. The number of nitrogens with zero attached hydrogens (tertiary/aromatic N) is 2. The van der Waals surface area contributed by atoms with Gasteiger partial charge in [0.2, 0.25) is 0 Å². The van der Waals surface area contributed by atoms with Crippen molar-refractivity contribution in [1.82, 2.24) is 0 Å². The van der Waals surface area contributed by atoms with Crippen molar-refractivity contribution >= 4 is 29.3 Å². The Balaban J connectivity index is 1.87. The summed E-state index contributed by atoms with van der Waals surface area (Å²) in [5.41, 5.74) is 2.54. The SMILES string of the molecule is COc1ccc(/C=C2/N=C(C)N(c3ccc(C(C)=O)cc3)C2=O)cc1. The summed E-state index contributed by atoms with van der Waals surface area (Å²) in [6.07, 6.45) is 1.75. The molecule has 25 heavy (non-hydrogen) atoms. The fourth-order valence-electron chi connectivity index (χ4n) is 2.63. The number of carbonyl (C=O) groups is 2. The Hall–Kier alpha value is -3.21. The van der Waals surface area contributed by atoms with Crippen LogP contribution in [0.15, 0.2) is 59.2 Å². The molecule has 3 rings (SSSR count). The molecule has 0 saturated carbocycles. The summed E-state index contributed by atoms with van der Waals surface area (Å²) in [6.45, 7) is 3.30.